The van der Waals surface area contributed by atoms with Crippen LogP contribution in [0.25, 0.3) is 87.3 Å². The summed E-state index contributed by atoms with van der Waals surface area (Å²) >= 11 is 6.22. The molecular formula is C84H78F4N12O4S4. The van der Waals surface area contributed by atoms with Gasteiger partial charge in [-0.15, -0.1) is 45.3 Å². The number of rotatable bonds is 14. The molecule has 1 saturated carbocycles. The Morgan fingerprint density at radius 1 is 0.407 bits per heavy atom. The number of fused-ring (bicyclic) bond motifs is 12. The minimum atomic E-state index is -0.237. The number of hydrogen-bond acceptors (Lipinski definition) is 16. The molecule has 108 heavy (non-hydrogen) atoms. The molecule has 0 bridgehead atoms. The third kappa shape index (κ3) is 17.1. The first-order valence-corrected chi connectivity index (χ1v) is 40.0. The number of carbonyl (C=O) groups is 4. The van der Waals surface area contributed by atoms with E-state index in [1.807, 2.05) is 97.7 Å². The van der Waals surface area contributed by atoms with E-state index in [0.29, 0.717) is 110 Å². The molecule has 8 heterocycles. The summed E-state index contributed by atoms with van der Waals surface area (Å²) in [5.41, 5.74) is 16.7. The zero-order valence-corrected chi connectivity index (χ0v) is 63.5. The molecular weight excluding hydrogens is 1450 g/mol. The lowest BCUT2D eigenvalue weighted by molar-refractivity contribution is -0.119. The van der Waals surface area contributed by atoms with Gasteiger partial charge in [0.15, 0.2) is 23.3 Å². The smallest absolute Gasteiger partial charge is 0.228 e. The molecule has 1 unspecified atom stereocenters. The molecule has 0 radical (unpaired) electrons. The van der Waals surface area contributed by atoms with Gasteiger partial charge in [0.05, 0.1) is 65.1 Å². The van der Waals surface area contributed by atoms with Crippen molar-refractivity contribution in [1.29, 1.82) is 0 Å². The van der Waals surface area contributed by atoms with E-state index >= 15 is 0 Å². The highest BCUT2D eigenvalue weighted by molar-refractivity contribution is 7.14. The molecule has 16 nitrogen and oxygen atoms in total. The Morgan fingerprint density at radius 3 is 1.04 bits per heavy atom. The largest absolute Gasteiger partial charge is 0.309 e. The Hall–Kier alpha value is -10.4. The van der Waals surface area contributed by atoms with Crippen LogP contribution >= 0.6 is 45.3 Å². The average Bonchev–Trinajstić information content (AvgIpc) is 1.04. The highest BCUT2D eigenvalue weighted by Gasteiger charge is 2.30. The van der Waals surface area contributed by atoms with Crippen LogP contribution in [0.2, 0.25) is 0 Å². The van der Waals surface area contributed by atoms with Crippen molar-refractivity contribution in [3.8, 4) is 87.3 Å². The molecule has 5 aliphatic rings. The summed E-state index contributed by atoms with van der Waals surface area (Å²) < 4.78 is 54.4. The number of aromatic nitrogens is 8. The zero-order valence-electron chi connectivity index (χ0n) is 60.3. The maximum absolute atomic E-state index is 13.7. The lowest BCUT2D eigenvalue weighted by Gasteiger charge is -2.22. The number of nitrogens with zero attached hydrogens (tertiary/aromatic N) is 8. The van der Waals surface area contributed by atoms with Gasteiger partial charge in [0.25, 0.3) is 0 Å². The monoisotopic (exact) mass is 1520 g/mol. The minimum absolute atomic E-state index is 0.0206. The van der Waals surface area contributed by atoms with Gasteiger partial charge < -0.3 is 21.3 Å². The van der Waals surface area contributed by atoms with E-state index < -0.39 is 0 Å². The van der Waals surface area contributed by atoms with Crippen molar-refractivity contribution in [2.75, 3.05) is 21.3 Å². The Bertz CT molecular complexity index is 5320. The minimum Gasteiger partial charge on any atom is -0.309 e. The first-order valence-electron chi connectivity index (χ1n) is 36.5. The second kappa shape index (κ2) is 33.4. The highest BCUT2D eigenvalue weighted by atomic mass is 32.1. The van der Waals surface area contributed by atoms with Crippen molar-refractivity contribution >= 4 is 92.2 Å². The topological polar surface area (TPSA) is 220 Å². The van der Waals surface area contributed by atoms with Crippen LogP contribution in [-0.2, 0) is 70.5 Å². The molecule has 4 N–H and O–H groups in total. The van der Waals surface area contributed by atoms with Gasteiger partial charge in [-0.2, -0.15) is 0 Å². The number of aryl methyl sites for hydroxylation is 8. The Labute approximate surface area is 639 Å². The summed E-state index contributed by atoms with van der Waals surface area (Å²) in [7, 11) is 0. The van der Waals surface area contributed by atoms with E-state index in [1.165, 1.54) is 61.8 Å². The van der Waals surface area contributed by atoms with Crippen LogP contribution in [0.1, 0.15) is 131 Å². The van der Waals surface area contributed by atoms with Crippen molar-refractivity contribution in [2.24, 2.45) is 17.8 Å². The summed E-state index contributed by atoms with van der Waals surface area (Å²) in [5, 5.41) is 19.6. The molecule has 12 aromatic rings. The van der Waals surface area contributed by atoms with E-state index in [4.69, 9.17) is 34.9 Å². The van der Waals surface area contributed by atoms with Crippen LogP contribution in [0.5, 0.6) is 0 Å². The Balaban J connectivity index is 0.000000121. The summed E-state index contributed by atoms with van der Waals surface area (Å²) in [6.45, 7) is 9.36. The molecule has 8 aromatic heterocycles. The molecule has 4 aromatic carbocycles. The number of amides is 4. The van der Waals surface area contributed by atoms with Gasteiger partial charge in [0.2, 0.25) is 23.6 Å². The van der Waals surface area contributed by atoms with Gasteiger partial charge in [-0.1, -0.05) is 71.2 Å². The van der Waals surface area contributed by atoms with Crippen LogP contribution < -0.4 is 21.3 Å². The Kier molecular flexibility index (Phi) is 23.0. The second-order valence-electron chi connectivity index (χ2n) is 27.9. The fourth-order valence-corrected chi connectivity index (χ4v) is 17.0. The van der Waals surface area contributed by atoms with Gasteiger partial charge in [-0.05, 0) is 223 Å². The van der Waals surface area contributed by atoms with Gasteiger partial charge in [0.1, 0.15) is 46.0 Å². The Morgan fingerprint density at radius 2 is 0.731 bits per heavy atom. The van der Waals surface area contributed by atoms with Gasteiger partial charge in [-0.3, -0.25) is 19.2 Å². The number of halogens is 4. The van der Waals surface area contributed by atoms with E-state index in [0.717, 1.165) is 135 Å². The zero-order chi connectivity index (χ0) is 75.1. The first kappa shape index (κ1) is 74.5. The van der Waals surface area contributed by atoms with Crippen molar-refractivity contribution in [2.45, 2.75) is 137 Å². The van der Waals surface area contributed by atoms with E-state index in [-0.39, 0.29) is 58.7 Å². The van der Waals surface area contributed by atoms with Crippen LogP contribution in [0.15, 0.2) is 143 Å². The summed E-state index contributed by atoms with van der Waals surface area (Å²) in [4.78, 5) is 91.4. The SMILES string of the molecule is CC(=O)Nc1nc2c(nc1-c1cccs1)-c1ccc(F)cc1CC2.CC(C)CC(=O)Nc1nc2c(nc1-c1cccs1)-c1ccc(F)cc1CC2.CCC(C)C(=O)Nc1nc2c(nc1-c1cccs1)-c1ccc(F)cc1CC2.O=C(CC1CCCCC1)Nc1nc2c(nc1-c1cccs1)-c1ccc(F)cc1CC2. The predicted molar refractivity (Wildman–Crippen MR) is 423 cm³/mol. The third-order valence-corrected chi connectivity index (χ3v) is 23.1. The third-order valence-electron chi connectivity index (χ3n) is 19.6. The average molecular weight is 1520 g/mol. The maximum Gasteiger partial charge on any atom is 0.228 e. The van der Waals surface area contributed by atoms with Crippen molar-refractivity contribution < 1.29 is 36.7 Å². The molecule has 4 amide bonds. The molecule has 0 aliphatic heterocycles. The second-order valence-corrected chi connectivity index (χ2v) is 31.7. The molecule has 1 fully saturated rings. The quantitative estimate of drug-likeness (QED) is 0.0747. The molecule has 550 valence electrons. The standard InChI is InChI=1S/C24H24FN3OS.2C21H20FN3OS.C18H14FN3OS/c25-17-9-10-18-16(14-17)8-11-19-22(18)28-23(20-7-4-12-30-20)24(26-19)27-21(29)13-15-5-2-1-3-6-15;1-12(2)10-18(26)24-21-20(17-4-3-9-27-17)25-19-15-7-6-14(22)11-13(15)5-8-16(19)23-21;1-3-12(2)21(26)25-20-19(17-5-4-10-27-17)24-18-15-8-7-14(22)11-13(15)6-9-16(18)23-20;1-10(23)20-18-17(15-3-2-8-24-15)22-16-13-6-5-12(19)9-11(13)4-7-14(16)21-18/h4,7,9-10,12,14-15H,1-3,5-6,8,11,13H2,(H,26,27,29);3-4,6-7,9,11-12H,5,8,10H2,1-2H3,(H,23,24,26);4-5,7-8,10-12H,3,6,9H2,1-2H3,(H,23,25,26);2-3,5-6,8-9H,4,7H2,1H3,(H,20,21,23). The van der Waals surface area contributed by atoms with Crippen molar-refractivity contribution in [3.05, 3.63) is 211 Å². The van der Waals surface area contributed by atoms with E-state index in [1.54, 1.807) is 82.5 Å². The molecule has 5 aliphatic carbocycles. The number of thiophene rings is 4. The number of benzene rings is 4. The van der Waals surface area contributed by atoms with Crippen LogP contribution in [-0.4, -0.2) is 63.5 Å². The molecule has 24 heteroatoms. The van der Waals surface area contributed by atoms with E-state index in [9.17, 15) is 36.7 Å². The van der Waals surface area contributed by atoms with Crippen LogP contribution in [0.3, 0.4) is 0 Å². The number of carbonyl (C=O) groups excluding carboxylic acids is 4. The summed E-state index contributed by atoms with van der Waals surface area (Å²) in [6.07, 6.45) is 13.3. The fourth-order valence-electron chi connectivity index (χ4n) is 14.1. The van der Waals surface area contributed by atoms with Gasteiger partial charge >= 0.3 is 0 Å². The molecule has 17 rings (SSSR count). The normalized spacial score (nSPS) is 13.8. The molecule has 0 spiro atoms. The number of nitrogens with one attached hydrogen (secondary N) is 4. The number of anilines is 4. The van der Waals surface area contributed by atoms with Crippen LogP contribution in [0, 0.1) is 41.0 Å². The predicted octanol–water partition coefficient (Wildman–Crippen LogP) is 20.3. The van der Waals surface area contributed by atoms with Gasteiger partial charge in [-0.25, -0.2) is 57.4 Å². The van der Waals surface area contributed by atoms with Crippen molar-refractivity contribution in [1.82, 2.24) is 39.9 Å². The van der Waals surface area contributed by atoms with Crippen LogP contribution in [0.4, 0.5) is 40.8 Å². The lowest BCUT2D eigenvalue weighted by atomic mass is 9.87. The number of hydrogen-bond donors (Lipinski definition) is 4. The van der Waals surface area contributed by atoms with E-state index in [2.05, 4.69) is 26.3 Å². The summed E-state index contributed by atoms with van der Waals surface area (Å²) in [6, 6.07) is 34.9. The van der Waals surface area contributed by atoms with Gasteiger partial charge in [0, 0.05) is 47.9 Å². The molecule has 1 atom stereocenters. The molecule has 0 saturated heterocycles. The highest BCUT2D eigenvalue weighted by Crippen LogP contribution is 2.43. The maximum atomic E-state index is 13.7. The first-order chi connectivity index (χ1) is 52.4. The lowest BCUT2D eigenvalue weighted by Crippen LogP contribution is -2.22. The summed E-state index contributed by atoms with van der Waals surface area (Å²) in [5.74, 6) is 1.47. The fraction of sp³-hybridized carbons (Fsp3) is 0.286. The van der Waals surface area contributed by atoms with Crippen molar-refractivity contribution in [3.63, 3.8) is 0 Å².